The third-order valence-corrected chi connectivity index (χ3v) is 9.59. The van der Waals surface area contributed by atoms with Gasteiger partial charge in [-0.3, -0.25) is 0 Å². The molecule has 0 radical (unpaired) electrons. The molecule has 3 aliphatic carbocycles. The van der Waals surface area contributed by atoms with Gasteiger partial charge in [0.25, 0.3) is 0 Å². The van der Waals surface area contributed by atoms with Crippen LogP contribution in [0.1, 0.15) is 27.6 Å². The molecule has 0 spiro atoms. The van der Waals surface area contributed by atoms with Crippen molar-refractivity contribution in [1.82, 2.24) is 0 Å². The molecule has 0 N–H and O–H groups in total. The SMILES string of the molecule is C1=CC2CC[CH]([Zr+2][CH]3C=Cc4ccccc43)C2C=C1.[Cl-].[Cl-]. The van der Waals surface area contributed by atoms with Crippen LogP contribution in [0.2, 0.25) is 3.63 Å². The number of hydrogen-bond donors (Lipinski definition) is 0. The summed E-state index contributed by atoms with van der Waals surface area (Å²) in [4.78, 5) is 0. The fourth-order valence-corrected chi connectivity index (χ4v) is 8.75. The van der Waals surface area contributed by atoms with Crippen LogP contribution >= 0.6 is 0 Å². The molecule has 4 unspecified atom stereocenters. The second-order valence-electron chi connectivity index (χ2n) is 5.83. The van der Waals surface area contributed by atoms with Gasteiger partial charge in [0.05, 0.1) is 0 Å². The molecule has 0 bridgehead atoms. The number of fused-ring (bicyclic) bond motifs is 2. The van der Waals surface area contributed by atoms with E-state index in [1.54, 1.807) is 5.56 Å². The van der Waals surface area contributed by atoms with E-state index >= 15 is 0 Å². The van der Waals surface area contributed by atoms with Crippen LogP contribution in [-0.2, 0) is 23.2 Å². The zero-order valence-electron chi connectivity index (χ0n) is 11.8. The van der Waals surface area contributed by atoms with Crippen molar-refractivity contribution in [2.45, 2.75) is 20.1 Å². The Labute approximate surface area is 151 Å². The van der Waals surface area contributed by atoms with E-state index < -0.39 is 23.2 Å². The minimum atomic E-state index is -0.398. The summed E-state index contributed by atoms with van der Waals surface area (Å²) in [6.45, 7) is 0. The first-order chi connectivity index (χ1) is 9.42. The zero-order chi connectivity index (χ0) is 12.7. The predicted octanol–water partition coefficient (Wildman–Crippen LogP) is -1.21. The number of hydrogen-bond acceptors (Lipinski definition) is 0. The molecule has 1 aromatic rings. The quantitative estimate of drug-likeness (QED) is 0.589. The van der Waals surface area contributed by atoms with E-state index in [9.17, 15) is 0 Å². The smallest absolute Gasteiger partial charge is 1.00 e. The summed E-state index contributed by atoms with van der Waals surface area (Å²) in [6, 6.07) is 8.99. The molecule has 0 heterocycles. The molecular formula is C18H18Cl2Zr. The van der Waals surface area contributed by atoms with Gasteiger partial charge in [-0.15, -0.1) is 0 Å². The Bertz CT molecular complexity index is 576. The van der Waals surface area contributed by atoms with E-state index in [2.05, 4.69) is 60.7 Å². The first-order valence-corrected chi connectivity index (χ1v) is 10.1. The summed E-state index contributed by atoms with van der Waals surface area (Å²) in [5, 5.41) is 0. The molecule has 4 rings (SSSR count). The summed E-state index contributed by atoms with van der Waals surface area (Å²) in [5.41, 5.74) is 3.09. The van der Waals surface area contributed by atoms with Crippen molar-refractivity contribution in [3.63, 3.8) is 0 Å². The average molecular weight is 396 g/mol. The van der Waals surface area contributed by atoms with Crippen molar-refractivity contribution in [3.8, 4) is 0 Å². The molecule has 0 nitrogen and oxygen atoms in total. The zero-order valence-corrected chi connectivity index (χ0v) is 15.7. The average Bonchev–Trinajstić information content (AvgIpc) is 3.05. The minimum absolute atomic E-state index is 0. The summed E-state index contributed by atoms with van der Waals surface area (Å²) in [5.74, 6) is 1.73. The molecule has 0 aromatic heterocycles. The fraction of sp³-hybridized carbons (Fsp3) is 0.333. The standard InChI is InChI=1S/C9H11.C9H7.2ClH.Zr/c2*1-2-5-9-7-3-6-8(9)4-1;;;/h1-2,4-6,8-9H,3,7H2;1-7H;2*1H;/q;;;;+2/p-2. The van der Waals surface area contributed by atoms with Crippen molar-refractivity contribution in [2.75, 3.05) is 0 Å². The van der Waals surface area contributed by atoms with Crippen molar-refractivity contribution >= 4 is 6.08 Å². The second-order valence-corrected chi connectivity index (χ2v) is 10.00. The Balaban J connectivity index is 0.000000807. The summed E-state index contributed by atoms with van der Waals surface area (Å²) < 4.78 is 1.86. The van der Waals surface area contributed by atoms with Crippen LogP contribution in [0.25, 0.3) is 6.08 Å². The van der Waals surface area contributed by atoms with E-state index in [1.807, 2.05) is 0 Å². The van der Waals surface area contributed by atoms with E-state index in [-0.39, 0.29) is 24.8 Å². The number of halogens is 2. The fourth-order valence-electron chi connectivity index (χ4n) is 3.78. The summed E-state index contributed by atoms with van der Waals surface area (Å²) in [6.07, 6.45) is 17.2. The predicted molar refractivity (Wildman–Crippen MR) is 76.5 cm³/mol. The van der Waals surface area contributed by atoms with E-state index in [1.165, 1.54) is 18.4 Å². The van der Waals surface area contributed by atoms with Crippen LogP contribution in [0.3, 0.4) is 0 Å². The van der Waals surface area contributed by atoms with Gasteiger partial charge in [-0.2, -0.15) is 0 Å². The largest absolute Gasteiger partial charge is 1.00 e. The summed E-state index contributed by atoms with van der Waals surface area (Å²) >= 11 is -0.398. The molecule has 1 aromatic carbocycles. The Morgan fingerprint density at radius 3 is 2.62 bits per heavy atom. The number of rotatable bonds is 2. The van der Waals surface area contributed by atoms with Crippen LogP contribution in [-0.4, -0.2) is 0 Å². The maximum Gasteiger partial charge on any atom is -1.00 e. The maximum absolute atomic E-state index is 2.49. The second kappa shape index (κ2) is 7.45. The molecular weight excluding hydrogens is 378 g/mol. The molecule has 21 heavy (non-hydrogen) atoms. The van der Waals surface area contributed by atoms with Crippen molar-refractivity contribution < 1.29 is 48.0 Å². The molecule has 3 heteroatoms. The molecule has 0 aliphatic heterocycles. The van der Waals surface area contributed by atoms with Crippen LogP contribution < -0.4 is 24.8 Å². The van der Waals surface area contributed by atoms with E-state index in [0.717, 1.165) is 19.1 Å². The topological polar surface area (TPSA) is 0 Å². The molecule has 108 valence electrons. The number of benzene rings is 1. The van der Waals surface area contributed by atoms with Crippen molar-refractivity contribution in [3.05, 3.63) is 65.8 Å². The van der Waals surface area contributed by atoms with Gasteiger partial charge in [-0.05, 0) is 0 Å². The molecule has 1 saturated carbocycles. The Morgan fingerprint density at radius 1 is 0.905 bits per heavy atom. The van der Waals surface area contributed by atoms with Gasteiger partial charge in [0.1, 0.15) is 0 Å². The Hall–Kier alpha value is -0.0969. The van der Waals surface area contributed by atoms with Gasteiger partial charge >= 0.3 is 127 Å². The molecule has 4 atom stereocenters. The van der Waals surface area contributed by atoms with Crippen molar-refractivity contribution in [1.29, 1.82) is 0 Å². The van der Waals surface area contributed by atoms with Gasteiger partial charge in [0.2, 0.25) is 0 Å². The first-order valence-electron chi connectivity index (χ1n) is 7.30. The monoisotopic (exact) mass is 394 g/mol. The van der Waals surface area contributed by atoms with Crippen LogP contribution in [0.15, 0.2) is 54.6 Å². The van der Waals surface area contributed by atoms with Gasteiger partial charge in [0, 0.05) is 0 Å². The van der Waals surface area contributed by atoms with Gasteiger partial charge in [-0.25, -0.2) is 0 Å². The van der Waals surface area contributed by atoms with Crippen LogP contribution in [0.4, 0.5) is 0 Å². The Morgan fingerprint density at radius 2 is 1.71 bits per heavy atom. The third kappa shape index (κ3) is 3.31. The third-order valence-electron chi connectivity index (χ3n) is 4.77. The molecule has 1 fully saturated rings. The number of allylic oxidation sites excluding steroid dienone is 5. The van der Waals surface area contributed by atoms with Crippen LogP contribution in [0, 0.1) is 11.8 Å². The van der Waals surface area contributed by atoms with E-state index in [0.29, 0.717) is 0 Å². The molecule has 0 saturated heterocycles. The molecule has 0 amide bonds. The van der Waals surface area contributed by atoms with Gasteiger partial charge in [0.15, 0.2) is 0 Å². The van der Waals surface area contributed by atoms with Gasteiger partial charge < -0.3 is 24.8 Å². The normalized spacial score (nSPS) is 30.9. The van der Waals surface area contributed by atoms with E-state index in [4.69, 9.17) is 0 Å². The van der Waals surface area contributed by atoms with Crippen LogP contribution in [0.5, 0.6) is 0 Å². The summed E-state index contributed by atoms with van der Waals surface area (Å²) in [7, 11) is 0. The Kier molecular flexibility index (Phi) is 6.12. The minimum Gasteiger partial charge on any atom is -1.00 e. The molecule has 3 aliphatic rings. The maximum atomic E-state index is 2.49. The van der Waals surface area contributed by atoms with Gasteiger partial charge in [-0.1, -0.05) is 0 Å². The first kappa shape index (κ1) is 17.3. The van der Waals surface area contributed by atoms with Crippen molar-refractivity contribution in [2.24, 2.45) is 11.8 Å².